The monoisotopic (exact) mass is 740 g/mol. The minimum absolute atomic E-state index is 0.0353. The van der Waals surface area contributed by atoms with Gasteiger partial charge < -0.3 is 30.5 Å². The van der Waals surface area contributed by atoms with Crippen LogP contribution in [0.2, 0.25) is 0 Å². The number of ether oxygens (including phenoxy) is 1. The normalized spacial score (nSPS) is 27.2. The Morgan fingerprint density at radius 1 is 1.06 bits per heavy atom. The summed E-state index contributed by atoms with van der Waals surface area (Å²) in [6.07, 6.45) is 2.18. The van der Waals surface area contributed by atoms with E-state index < -0.39 is 24.2 Å². The van der Waals surface area contributed by atoms with Gasteiger partial charge in [0.25, 0.3) is 5.91 Å². The first kappa shape index (κ1) is 39.9. The number of carbonyl (C=O) groups is 2. The molecule has 4 N–H and O–H groups in total. The maximum Gasteiger partial charge on any atom is 0.251 e. The van der Waals surface area contributed by atoms with E-state index in [1.807, 2.05) is 74.8 Å². The largest absolute Gasteiger partial charge is 0.496 e. The molecule has 54 heavy (non-hydrogen) atoms. The number of aliphatic hydroxyl groups excluding tert-OH is 2. The van der Waals surface area contributed by atoms with Crippen LogP contribution in [0.5, 0.6) is 5.75 Å². The number of aryl methyl sites for hydroxylation is 1. The number of hydrogen-bond acceptors (Lipinski definition) is 8. The molecule has 2 amide bonds. The number of hydroxylamine groups is 2. The fourth-order valence-corrected chi connectivity index (χ4v) is 9.56. The molecule has 0 aromatic heterocycles. The first-order valence-corrected chi connectivity index (χ1v) is 19.6. The van der Waals surface area contributed by atoms with Gasteiger partial charge in [-0.3, -0.25) is 14.4 Å². The molecule has 10 nitrogen and oxygen atoms in total. The summed E-state index contributed by atoms with van der Waals surface area (Å²) in [7, 11) is 5.63. The first-order valence-electron chi connectivity index (χ1n) is 19.6. The van der Waals surface area contributed by atoms with Crippen molar-refractivity contribution < 1.29 is 29.4 Å². The number of amides is 2. The van der Waals surface area contributed by atoms with Gasteiger partial charge in [0, 0.05) is 41.2 Å². The second kappa shape index (κ2) is 16.9. The lowest BCUT2D eigenvalue weighted by Gasteiger charge is -2.62. The molecule has 2 bridgehead atoms. The lowest BCUT2D eigenvalue weighted by molar-refractivity contribution is -0.183. The maximum atomic E-state index is 14.2. The van der Waals surface area contributed by atoms with E-state index >= 15 is 0 Å². The molecule has 292 valence electrons. The lowest BCUT2D eigenvalue weighted by Crippen LogP contribution is -2.62. The summed E-state index contributed by atoms with van der Waals surface area (Å²) in [5.41, 5.74) is 4.45. The minimum atomic E-state index is -0.892. The number of para-hydroxylation sites is 1. The molecule has 1 saturated heterocycles. The third kappa shape index (κ3) is 8.38. The summed E-state index contributed by atoms with van der Waals surface area (Å²) in [6, 6.07) is 22.8. The molecule has 0 spiro atoms. The predicted molar refractivity (Wildman–Crippen MR) is 211 cm³/mol. The summed E-state index contributed by atoms with van der Waals surface area (Å²) >= 11 is 0. The van der Waals surface area contributed by atoms with Crippen LogP contribution in [0, 0.1) is 29.1 Å². The SMILES string of the molecule is COc1c(CN2O[C@@H](CO)[C@H]([C@H](C)O)[C@H]2C(=O)N[C@H]2C[C@H]3C[C@H]([C@@H]2C)C3(C)C)cccc1-c1cccc(C(=O)N[C@@H](CCc2ccccc2)CN(C)C)c1. The number of nitrogens with zero attached hydrogens (tertiary/aromatic N) is 2. The number of benzene rings is 3. The van der Waals surface area contributed by atoms with Gasteiger partial charge in [-0.05, 0) is 93.1 Å². The van der Waals surface area contributed by atoms with Gasteiger partial charge in [0.05, 0.1) is 26.4 Å². The molecular formula is C44H60N4O6. The number of rotatable bonds is 15. The van der Waals surface area contributed by atoms with Crippen LogP contribution in [0.4, 0.5) is 0 Å². The number of aliphatic hydroxyl groups is 2. The van der Waals surface area contributed by atoms with Crippen molar-refractivity contribution in [3.8, 4) is 16.9 Å². The highest BCUT2D eigenvalue weighted by molar-refractivity contribution is 5.96. The summed E-state index contributed by atoms with van der Waals surface area (Å²) in [4.78, 5) is 36.2. The predicted octanol–water partition coefficient (Wildman–Crippen LogP) is 5.32. The van der Waals surface area contributed by atoms with Crippen molar-refractivity contribution in [1.82, 2.24) is 20.6 Å². The maximum absolute atomic E-state index is 14.2. The van der Waals surface area contributed by atoms with Gasteiger partial charge in [-0.25, -0.2) is 0 Å². The highest BCUT2D eigenvalue weighted by Crippen LogP contribution is 2.61. The molecule has 0 unspecified atom stereocenters. The number of nitrogens with one attached hydrogen (secondary N) is 2. The van der Waals surface area contributed by atoms with Crippen LogP contribution in [-0.2, 0) is 22.6 Å². The molecule has 3 aromatic carbocycles. The summed E-state index contributed by atoms with van der Waals surface area (Å²) in [5.74, 6) is 1.10. The second-order valence-corrected chi connectivity index (χ2v) is 16.8. The smallest absolute Gasteiger partial charge is 0.251 e. The minimum Gasteiger partial charge on any atom is -0.496 e. The average Bonchev–Trinajstić information content (AvgIpc) is 3.53. The van der Waals surface area contributed by atoms with Crippen molar-refractivity contribution in [2.24, 2.45) is 29.1 Å². The molecule has 7 rings (SSSR count). The van der Waals surface area contributed by atoms with Crippen molar-refractivity contribution in [3.05, 3.63) is 89.5 Å². The van der Waals surface area contributed by atoms with E-state index in [1.165, 1.54) is 12.0 Å². The van der Waals surface area contributed by atoms with E-state index in [9.17, 15) is 19.8 Å². The Balaban J connectivity index is 1.21. The molecule has 0 radical (unpaired) electrons. The van der Waals surface area contributed by atoms with Crippen LogP contribution in [-0.4, -0.2) is 96.7 Å². The van der Waals surface area contributed by atoms with E-state index in [1.54, 1.807) is 19.1 Å². The topological polar surface area (TPSA) is 124 Å². The number of likely N-dealkylation sites (N-methyl/N-ethyl adjacent to an activating group) is 1. The molecule has 4 aliphatic rings. The van der Waals surface area contributed by atoms with Crippen molar-refractivity contribution in [2.45, 2.75) is 90.3 Å². The van der Waals surface area contributed by atoms with Crippen LogP contribution in [0.15, 0.2) is 72.8 Å². The van der Waals surface area contributed by atoms with Gasteiger partial charge in [-0.2, -0.15) is 5.06 Å². The summed E-state index contributed by atoms with van der Waals surface area (Å²) in [6.45, 7) is 9.13. The molecule has 1 heterocycles. The van der Waals surface area contributed by atoms with Crippen LogP contribution in [0.25, 0.3) is 11.1 Å². The van der Waals surface area contributed by atoms with Crippen LogP contribution in [0.3, 0.4) is 0 Å². The van der Waals surface area contributed by atoms with Gasteiger partial charge >= 0.3 is 0 Å². The zero-order valence-electron chi connectivity index (χ0n) is 33.0. The Hall–Kier alpha value is -3.80. The van der Waals surface area contributed by atoms with E-state index in [2.05, 4.69) is 48.4 Å². The quantitative estimate of drug-likeness (QED) is 0.165. The Bertz CT molecular complexity index is 1750. The fraction of sp³-hybridized carbons (Fsp3) is 0.545. The fourth-order valence-electron chi connectivity index (χ4n) is 9.56. The van der Waals surface area contributed by atoms with Crippen LogP contribution >= 0.6 is 0 Å². The van der Waals surface area contributed by atoms with Gasteiger partial charge in [-0.15, -0.1) is 0 Å². The number of methoxy groups -OCH3 is 1. The second-order valence-electron chi connectivity index (χ2n) is 16.8. The van der Waals surface area contributed by atoms with Gasteiger partial charge in [0.15, 0.2) is 0 Å². The lowest BCUT2D eigenvalue weighted by atomic mass is 9.45. The van der Waals surface area contributed by atoms with Crippen LogP contribution < -0.4 is 15.4 Å². The van der Waals surface area contributed by atoms with Gasteiger partial charge in [-0.1, -0.05) is 81.4 Å². The molecule has 10 heteroatoms. The van der Waals surface area contributed by atoms with E-state index in [0.29, 0.717) is 29.1 Å². The molecular weight excluding hydrogens is 681 g/mol. The standard InChI is InChI=1S/C44H60N4O6/c1-27-36-22-33(44(36,3)4)23-37(27)46-43(52)40-39(28(2)50)38(26-49)54-48(40)24-32-17-12-18-35(41(32)53-7)30-15-11-16-31(21-30)42(51)45-34(25-47(5)6)20-19-29-13-9-8-10-14-29/h8-18,21,27-28,33-34,36-40,49-50H,19-20,22-26H2,1-7H3,(H,45,51)(H,46,52)/t27-,28-,33+,34-,36+,37-,38-,39-,40-/m0/s1. The number of hydrogen-bond donors (Lipinski definition) is 4. The molecule has 3 saturated carbocycles. The Morgan fingerprint density at radius 2 is 1.80 bits per heavy atom. The highest BCUT2D eigenvalue weighted by Gasteiger charge is 2.57. The van der Waals surface area contributed by atoms with Gasteiger partial charge in [0.1, 0.15) is 17.9 Å². The summed E-state index contributed by atoms with van der Waals surface area (Å²) in [5, 5.41) is 29.5. The molecule has 3 aliphatic carbocycles. The Labute approximate surface area is 321 Å². The number of fused-ring (bicyclic) bond motifs is 2. The van der Waals surface area contributed by atoms with Crippen molar-refractivity contribution in [3.63, 3.8) is 0 Å². The molecule has 4 fully saturated rings. The Kier molecular flexibility index (Phi) is 12.5. The zero-order chi connectivity index (χ0) is 38.7. The van der Waals surface area contributed by atoms with E-state index in [-0.39, 0.29) is 42.5 Å². The number of carbonyl (C=O) groups excluding carboxylic acids is 2. The van der Waals surface area contributed by atoms with E-state index in [0.717, 1.165) is 42.5 Å². The third-order valence-electron chi connectivity index (χ3n) is 12.7. The average molecular weight is 741 g/mol. The molecule has 1 aliphatic heterocycles. The third-order valence-corrected chi connectivity index (χ3v) is 12.7. The van der Waals surface area contributed by atoms with E-state index in [4.69, 9.17) is 9.57 Å². The van der Waals surface area contributed by atoms with Crippen molar-refractivity contribution >= 4 is 11.8 Å². The zero-order valence-corrected chi connectivity index (χ0v) is 33.0. The van der Waals surface area contributed by atoms with Crippen molar-refractivity contribution in [2.75, 3.05) is 34.4 Å². The highest BCUT2D eigenvalue weighted by atomic mass is 16.7. The van der Waals surface area contributed by atoms with Crippen LogP contribution in [0.1, 0.15) is 68.4 Å². The van der Waals surface area contributed by atoms with Crippen molar-refractivity contribution in [1.29, 1.82) is 0 Å². The Morgan fingerprint density at radius 3 is 2.44 bits per heavy atom. The summed E-state index contributed by atoms with van der Waals surface area (Å²) < 4.78 is 6.03. The first-order chi connectivity index (χ1) is 25.8. The van der Waals surface area contributed by atoms with Gasteiger partial charge in [0.2, 0.25) is 5.91 Å². The molecule has 3 aromatic rings. The molecule has 9 atom stereocenters.